The molecule has 7 nitrogen and oxygen atoms in total. The fraction of sp³-hybridized carbons (Fsp3) is 0.286. The molecule has 0 fully saturated rings. The van der Waals surface area contributed by atoms with Crippen molar-refractivity contribution in [3.8, 4) is 5.75 Å². The standard InChI is InChI=1S/C14H14BrClN6O/c1-6-4-8(9(15)7(2)11(6)23-3)5-22-13-10(20-21-22)12(16)18-14(17)19-13/h4H,5H2,1-3H3,(H2,17,18,19). The molecule has 0 aliphatic rings. The Morgan fingerprint density at radius 3 is 2.78 bits per heavy atom. The van der Waals surface area contributed by atoms with Gasteiger partial charge in [-0.05, 0) is 31.0 Å². The van der Waals surface area contributed by atoms with Gasteiger partial charge in [0.05, 0.1) is 13.7 Å². The zero-order valence-corrected chi connectivity index (χ0v) is 15.1. The number of hydrogen-bond acceptors (Lipinski definition) is 6. The van der Waals surface area contributed by atoms with Crippen LogP contribution < -0.4 is 10.5 Å². The number of ether oxygens (including phenoxy) is 1. The van der Waals surface area contributed by atoms with Crippen LogP contribution in [0.4, 0.5) is 5.95 Å². The maximum absolute atomic E-state index is 6.03. The number of rotatable bonds is 3. The number of anilines is 1. The first-order chi connectivity index (χ1) is 10.9. The van der Waals surface area contributed by atoms with Crippen LogP contribution in [0.1, 0.15) is 16.7 Å². The van der Waals surface area contributed by atoms with Gasteiger partial charge in [0.25, 0.3) is 0 Å². The van der Waals surface area contributed by atoms with Gasteiger partial charge in [-0.2, -0.15) is 9.97 Å². The Balaban J connectivity index is 2.10. The van der Waals surface area contributed by atoms with E-state index in [0.29, 0.717) is 17.7 Å². The number of nitrogens with two attached hydrogens (primary N) is 1. The summed E-state index contributed by atoms with van der Waals surface area (Å²) >= 11 is 9.65. The summed E-state index contributed by atoms with van der Waals surface area (Å²) in [4.78, 5) is 8.06. The summed E-state index contributed by atoms with van der Waals surface area (Å²) in [5, 5.41) is 8.33. The molecule has 23 heavy (non-hydrogen) atoms. The van der Waals surface area contributed by atoms with E-state index in [1.54, 1.807) is 11.8 Å². The van der Waals surface area contributed by atoms with E-state index < -0.39 is 0 Å². The van der Waals surface area contributed by atoms with Crippen molar-refractivity contribution in [1.29, 1.82) is 0 Å². The lowest BCUT2D eigenvalue weighted by Gasteiger charge is -2.14. The molecule has 0 aliphatic heterocycles. The van der Waals surface area contributed by atoms with Gasteiger partial charge in [-0.25, -0.2) is 4.68 Å². The van der Waals surface area contributed by atoms with E-state index in [0.717, 1.165) is 26.9 Å². The molecular weight excluding hydrogens is 384 g/mol. The van der Waals surface area contributed by atoms with Gasteiger partial charge in [0.1, 0.15) is 5.75 Å². The minimum atomic E-state index is 0.0900. The molecule has 0 radical (unpaired) electrons. The third-order valence-electron chi connectivity index (χ3n) is 3.56. The van der Waals surface area contributed by atoms with E-state index in [4.69, 9.17) is 22.1 Å². The van der Waals surface area contributed by atoms with Crippen molar-refractivity contribution < 1.29 is 4.74 Å². The molecule has 0 saturated carbocycles. The number of halogens is 2. The number of aromatic nitrogens is 5. The van der Waals surface area contributed by atoms with Gasteiger partial charge in [-0.1, -0.05) is 32.7 Å². The highest BCUT2D eigenvalue weighted by Gasteiger charge is 2.16. The molecule has 0 amide bonds. The highest BCUT2D eigenvalue weighted by Crippen LogP contribution is 2.33. The first-order valence-electron chi connectivity index (χ1n) is 6.77. The number of hydrogen-bond donors (Lipinski definition) is 1. The van der Waals surface area contributed by atoms with Crippen LogP contribution in [-0.2, 0) is 6.54 Å². The number of nitrogens with zero attached hydrogens (tertiary/aromatic N) is 5. The molecule has 2 heterocycles. The first kappa shape index (κ1) is 15.9. The fourth-order valence-electron chi connectivity index (χ4n) is 2.56. The number of fused-ring (bicyclic) bond motifs is 1. The number of nitrogen functional groups attached to an aromatic ring is 1. The maximum Gasteiger partial charge on any atom is 0.223 e. The lowest BCUT2D eigenvalue weighted by atomic mass is 10.1. The minimum Gasteiger partial charge on any atom is -0.496 e. The molecule has 2 aromatic heterocycles. The van der Waals surface area contributed by atoms with Gasteiger partial charge in [0.2, 0.25) is 5.95 Å². The molecule has 1 aromatic carbocycles. The van der Waals surface area contributed by atoms with E-state index in [1.807, 2.05) is 19.9 Å². The lowest BCUT2D eigenvalue weighted by Crippen LogP contribution is -2.07. The van der Waals surface area contributed by atoms with Crippen LogP contribution in [0, 0.1) is 13.8 Å². The Labute approximate surface area is 145 Å². The average Bonchev–Trinajstić information content (AvgIpc) is 2.88. The molecular formula is C14H14BrClN6O. The van der Waals surface area contributed by atoms with E-state index in [1.165, 1.54) is 0 Å². The van der Waals surface area contributed by atoms with Crippen LogP contribution in [0.2, 0.25) is 5.15 Å². The predicted molar refractivity (Wildman–Crippen MR) is 91.8 cm³/mol. The normalized spacial score (nSPS) is 11.2. The minimum absolute atomic E-state index is 0.0900. The van der Waals surface area contributed by atoms with Crippen LogP contribution in [-0.4, -0.2) is 32.1 Å². The second kappa shape index (κ2) is 5.93. The smallest absolute Gasteiger partial charge is 0.223 e. The van der Waals surface area contributed by atoms with E-state index in [2.05, 4.69) is 36.2 Å². The zero-order chi connectivity index (χ0) is 16.7. The Kier molecular flexibility index (Phi) is 4.11. The van der Waals surface area contributed by atoms with Gasteiger partial charge < -0.3 is 10.5 Å². The third-order valence-corrected chi connectivity index (χ3v) is 4.93. The Morgan fingerprint density at radius 1 is 1.35 bits per heavy atom. The second-order valence-corrected chi connectivity index (χ2v) is 6.27. The molecule has 9 heteroatoms. The van der Waals surface area contributed by atoms with Gasteiger partial charge in [0.15, 0.2) is 16.3 Å². The summed E-state index contributed by atoms with van der Waals surface area (Å²) in [6.45, 7) is 4.46. The Bertz CT molecular complexity index is 910. The lowest BCUT2D eigenvalue weighted by molar-refractivity contribution is 0.408. The molecule has 0 aliphatic carbocycles. The Morgan fingerprint density at radius 2 is 2.09 bits per heavy atom. The summed E-state index contributed by atoms with van der Waals surface area (Å²) in [5.41, 5.74) is 9.69. The molecule has 120 valence electrons. The quantitative estimate of drug-likeness (QED) is 0.683. The van der Waals surface area contributed by atoms with Crippen molar-refractivity contribution >= 4 is 44.6 Å². The largest absolute Gasteiger partial charge is 0.496 e. The Hall–Kier alpha value is -1.93. The van der Waals surface area contributed by atoms with Crippen molar-refractivity contribution in [2.75, 3.05) is 12.8 Å². The average molecular weight is 398 g/mol. The van der Waals surface area contributed by atoms with Crippen LogP contribution >= 0.6 is 27.5 Å². The second-order valence-electron chi connectivity index (χ2n) is 5.12. The molecule has 0 saturated heterocycles. The van der Waals surface area contributed by atoms with Crippen LogP contribution in [0.15, 0.2) is 10.5 Å². The number of benzene rings is 1. The van der Waals surface area contributed by atoms with E-state index in [-0.39, 0.29) is 11.1 Å². The highest BCUT2D eigenvalue weighted by molar-refractivity contribution is 9.10. The molecule has 3 rings (SSSR count). The van der Waals surface area contributed by atoms with E-state index in [9.17, 15) is 0 Å². The summed E-state index contributed by atoms with van der Waals surface area (Å²) in [5.74, 6) is 0.950. The van der Waals surface area contributed by atoms with Crippen LogP contribution in [0.5, 0.6) is 5.75 Å². The van der Waals surface area contributed by atoms with Gasteiger partial charge in [-0.15, -0.1) is 5.10 Å². The van der Waals surface area contributed by atoms with Crippen molar-refractivity contribution in [3.63, 3.8) is 0 Å². The number of methoxy groups -OCH3 is 1. The van der Waals surface area contributed by atoms with E-state index >= 15 is 0 Å². The molecule has 0 spiro atoms. The summed E-state index contributed by atoms with van der Waals surface area (Å²) in [6, 6.07) is 2.04. The zero-order valence-electron chi connectivity index (χ0n) is 12.8. The summed E-state index contributed by atoms with van der Waals surface area (Å²) < 4.78 is 8.03. The topological polar surface area (TPSA) is 91.7 Å². The summed E-state index contributed by atoms with van der Waals surface area (Å²) in [7, 11) is 1.66. The fourth-order valence-corrected chi connectivity index (χ4v) is 3.19. The maximum atomic E-state index is 6.03. The molecule has 0 bridgehead atoms. The SMILES string of the molecule is COc1c(C)cc(Cn2nnc3c(Cl)nc(N)nc32)c(Br)c1C. The molecule has 0 atom stereocenters. The number of aryl methyl sites for hydroxylation is 1. The highest BCUT2D eigenvalue weighted by atomic mass is 79.9. The monoisotopic (exact) mass is 396 g/mol. The van der Waals surface area contributed by atoms with Crippen molar-refractivity contribution in [1.82, 2.24) is 25.0 Å². The van der Waals surface area contributed by atoms with Gasteiger partial charge >= 0.3 is 0 Å². The predicted octanol–water partition coefficient (Wildman–Crippen LogP) is 2.89. The first-order valence-corrected chi connectivity index (χ1v) is 7.94. The van der Waals surface area contributed by atoms with Crippen LogP contribution in [0.3, 0.4) is 0 Å². The van der Waals surface area contributed by atoms with Gasteiger partial charge in [-0.3, -0.25) is 0 Å². The molecule has 3 aromatic rings. The van der Waals surface area contributed by atoms with Gasteiger partial charge in [0, 0.05) is 10.0 Å². The van der Waals surface area contributed by atoms with Crippen molar-refractivity contribution in [2.45, 2.75) is 20.4 Å². The summed E-state index contributed by atoms with van der Waals surface area (Å²) in [6.07, 6.45) is 0. The van der Waals surface area contributed by atoms with Crippen molar-refractivity contribution in [2.24, 2.45) is 0 Å². The van der Waals surface area contributed by atoms with Crippen LogP contribution in [0.25, 0.3) is 11.2 Å². The molecule has 2 N–H and O–H groups in total. The molecule has 0 unspecified atom stereocenters. The third kappa shape index (κ3) is 2.72. The van der Waals surface area contributed by atoms with Crippen molar-refractivity contribution in [3.05, 3.63) is 32.4 Å².